The SMILES string of the molecule is CCCCCCCC/C=C\CCCCCCCC(=O)N[C@@H](CO)C(=O)[O-].[Na+]. The van der Waals surface area contributed by atoms with Gasteiger partial charge in [-0.2, -0.15) is 0 Å². The second kappa shape index (κ2) is 21.9. The first-order valence-corrected chi connectivity index (χ1v) is 10.4. The van der Waals surface area contributed by atoms with E-state index in [-0.39, 0.29) is 35.5 Å². The van der Waals surface area contributed by atoms with Gasteiger partial charge in [-0.15, -0.1) is 0 Å². The van der Waals surface area contributed by atoms with Crippen LogP contribution in [0.15, 0.2) is 12.2 Å². The number of aliphatic hydroxyl groups excluding tert-OH is 1. The van der Waals surface area contributed by atoms with E-state index in [4.69, 9.17) is 5.11 Å². The van der Waals surface area contributed by atoms with Gasteiger partial charge in [0.15, 0.2) is 0 Å². The Morgan fingerprint density at radius 2 is 1.37 bits per heavy atom. The zero-order valence-electron chi connectivity index (χ0n) is 17.5. The van der Waals surface area contributed by atoms with Gasteiger partial charge in [-0.25, -0.2) is 0 Å². The van der Waals surface area contributed by atoms with Gasteiger partial charge < -0.3 is 20.3 Å². The zero-order chi connectivity index (χ0) is 19.5. The van der Waals surface area contributed by atoms with Crippen molar-refractivity contribution in [2.45, 2.75) is 103 Å². The molecule has 0 fully saturated rings. The van der Waals surface area contributed by atoms with Crippen molar-refractivity contribution >= 4 is 11.9 Å². The molecule has 0 aromatic heterocycles. The van der Waals surface area contributed by atoms with Gasteiger partial charge in [-0.1, -0.05) is 70.4 Å². The maximum Gasteiger partial charge on any atom is 1.00 e. The van der Waals surface area contributed by atoms with Crippen LogP contribution in [0, 0.1) is 0 Å². The van der Waals surface area contributed by atoms with Crippen LogP contribution in [0.1, 0.15) is 96.8 Å². The monoisotopic (exact) mass is 391 g/mol. The zero-order valence-corrected chi connectivity index (χ0v) is 19.5. The molecule has 0 aliphatic heterocycles. The number of carboxylic acids is 1. The predicted octanol–water partition coefficient (Wildman–Crippen LogP) is 0.255. The van der Waals surface area contributed by atoms with Crippen LogP contribution in [0.3, 0.4) is 0 Å². The first kappa shape index (κ1) is 28.8. The summed E-state index contributed by atoms with van der Waals surface area (Å²) in [6, 6.07) is -1.30. The van der Waals surface area contributed by atoms with E-state index < -0.39 is 18.6 Å². The van der Waals surface area contributed by atoms with Gasteiger partial charge in [0.05, 0.1) is 18.6 Å². The first-order valence-electron chi connectivity index (χ1n) is 10.4. The summed E-state index contributed by atoms with van der Waals surface area (Å²) in [6.45, 7) is 1.60. The fourth-order valence-electron chi connectivity index (χ4n) is 2.80. The third-order valence-corrected chi connectivity index (χ3v) is 4.47. The minimum atomic E-state index is -1.45. The minimum Gasteiger partial charge on any atom is -0.548 e. The topological polar surface area (TPSA) is 89.5 Å². The number of aliphatic hydroxyl groups is 1. The maximum absolute atomic E-state index is 11.5. The molecule has 0 bridgehead atoms. The summed E-state index contributed by atoms with van der Waals surface area (Å²) in [7, 11) is 0. The molecule has 0 spiro atoms. The van der Waals surface area contributed by atoms with Crippen LogP contribution in [0.2, 0.25) is 0 Å². The standard InChI is InChI=1S/C21H39NO4.Na/c1-2-3-4-5-6-7-8-9-10-11-12-13-14-15-16-17-20(24)22-19(18-23)21(25)26;/h9-10,19,23H,2-8,11-18H2,1H3,(H,22,24)(H,25,26);/q;+1/p-1/b10-9-;/t19-;/m0./s1. The maximum atomic E-state index is 11.5. The van der Waals surface area contributed by atoms with E-state index in [1.165, 1.54) is 51.4 Å². The van der Waals surface area contributed by atoms with Crippen LogP contribution in [0.4, 0.5) is 0 Å². The van der Waals surface area contributed by atoms with Crippen LogP contribution in [0.25, 0.3) is 0 Å². The number of allylic oxidation sites excluding steroid dienone is 2. The van der Waals surface area contributed by atoms with Crippen LogP contribution >= 0.6 is 0 Å². The molecule has 0 radical (unpaired) electrons. The van der Waals surface area contributed by atoms with E-state index in [2.05, 4.69) is 24.4 Å². The number of hydrogen-bond donors (Lipinski definition) is 2. The molecule has 5 nitrogen and oxygen atoms in total. The number of aliphatic carboxylic acids is 1. The molecule has 0 aromatic rings. The number of unbranched alkanes of at least 4 members (excludes halogenated alkanes) is 11. The fourth-order valence-corrected chi connectivity index (χ4v) is 2.80. The third kappa shape index (κ3) is 20.2. The molecule has 0 saturated carbocycles. The summed E-state index contributed by atoms with van der Waals surface area (Å²) in [6.07, 6.45) is 20.4. The number of carbonyl (C=O) groups excluding carboxylic acids is 2. The average molecular weight is 392 g/mol. The molecule has 0 rings (SSSR count). The van der Waals surface area contributed by atoms with Crippen molar-refractivity contribution in [1.29, 1.82) is 0 Å². The van der Waals surface area contributed by atoms with Crippen molar-refractivity contribution in [3.05, 3.63) is 12.2 Å². The summed E-state index contributed by atoms with van der Waals surface area (Å²) >= 11 is 0. The Morgan fingerprint density at radius 1 is 0.889 bits per heavy atom. The Hall–Kier alpha value is -0.360. The van der Waals surface area contributed by atoms with E-state index in [1.807, 2.05) is 0 Å². The molecule has 152 valence electrons. The molecular formula is C21H38NNaO4. The Morgan fingerprint density at radius 3 is 1.85 bits per heavy atom. The smallest absolute Gasteiger partial charge is 0.548 e. The Balaban J connectivity index is 0. The molecule has 1 atom stereocenters. The van der Waals surface area contributed by atoms with Crippen molar-refractivity contribution in [2.75, 3.05) is 6.61 Å². The van der Waals surface area contributed by atoms with E-state index in [0.29, 0.717) is 6.42 Å². The molecular weight excluding hydrogens is 353 g/mol. The molecule has 0 aliphatic carbocycles. The van der Waals surface area contributed by atoms with Crippen LogP contribution < -0.4 is 40.0 Å². The third-order valence-electron chi connectivity index (χ3n) is 4.47. The Labute approximate surface area is 187 Å². The van der Waals surface area contributed by atoms with Gasteiger partial charge in [0.25, 0.3) is 0 Å². The van der Waals surface area contributed by atoms with Gasteiger partial charge in [0.2, 0.25) is 5.91 Å². The number of nitrogens with one attached hydrogen (secondary N) is 1. The second-order valence-corrected chi connectivity index (χ2v) is 6.96. The van der Waals surface area contributed by atoms with Gasteiger partial charge >= 0.3 is 29.6 Å². The summed E-state index contributed by atoms with van der Waals surface area (Å²) in [5.74, 6) is -1.80. The van der Waals surface area contributed by atoms with Gasteiger partial charge in [0, 0.05) is 6.42 Å². The van der Waals surface area contributed by atoms with Crippen LogP contribution in [-0.4, -0.2) is 29.6 Å². The van der Waals surface area contributed by atoms with E-state index in [9.17, 15) is 14.7 Å². The Bertz CT molecular complexity index is 388. The normalized spacial score (nSPS) is 11.9. The number of amides is 1. The molecule has 27 heavy (non-hydrogen) atoms. The van der Waals surface area contributed by atoms with Crippen LogP contribution in [0.5, 0.6) is 0 Å². The molecule has 0 unspecified atom stereocenters. The van der Waals surface area contributed by atoms with Crippen LogP contribution in [-0.2, 0) is 9.59 Å². The first-order chi connectivity index (χ1) is 12.6. The molecule has 2 N–H and O–H groups in total. The molecule has 0 saturated heterocycles. The molecule has 0 heterocycles. The van der Waals surface area contributed by atoms with Gasteiger partial charge in [-0.3, -0.25) is 4.79 Å². The number of hydrogen-bond acceptors (Lipinski definition) is 4. The second-order valence-electron chi connectivity index (χ2n) is 6.96. The van der Waals surface area contributed by atoms with E-state index in [1.54, 1.807) is 0 Å². The summed E-state index contributed by atoms with van der Waals surface area (Å²) in [5.41, 5.74) is 0. The number of rotatable bonds is 18. The summed E-state index contributed by atoms with van der Waals surface area (Å²) < 4.78 is 0. The number of carbonyl (C=O) groups is 2. The minimum absolute atomic E-state index is 0. The van der Waals surface area contributed by atoms with Crippen molar-refractivity contribution in [1.82, 2.24) is 5.32 Å². The molecule has 0 aromatic carbocycles. The molecule has 6 heteroatoms. The molecule has 0 aliphatic rings. The van der Waals surface area contributed by atoms with Crippen molar-refractivity contribution in [3.8, 4) is 0 Å². The fraction of sp³-hybridized carbons (Fsp3) is 0.810. The largest absolute Gasteiger partial charge is 1.00 e. The van der Waals surface area contributed by atoms with Gasteiger partial charge in [0.1, 0.15) is 0 Å². The van der Waals surface area contributed by atoms with Crippen molar-refractivity contribution in [2.24, 2.45) is 0 Å². The van der Waals surface area contributed by atoms with Crippen molar-refractivity contribution in [3.63, 3.8) is 0 Å². The van der Waals surface area contributed by atoms with Gasteiger partial charge in [-0.05, 0) is 32.1 Å². The summed E-state index contributed by atoms with van der Waals surface area (Å²) in [5, 5.41) is 21.7. The average Bonchev–Trinajstić information content (AvgIpc) is 2.62. The predicted molar refractivity (Wildman–Crippen MR) is 103 cm³/mol. The van der Waals surface area contributed by atoms with E-state index in [0.717, 1.165) is 32.1 Å². The summed E-state index contributed by atoms with van der Waals surface area (Å²) in [4.78, 5) is 22.1. The molecule has 1 amide bonds. The van der Waals surface area contributed by atoms with Crippen molar-refractivity contribution < 1.29 is 49.4 Å². The van der Waals surface area contributed by atoms with E-state index >= 15 is 0 Å². The Kier molecular flexibility index (Phi) is 23.4. The quantitative estimate of drug-likeness (QED) is 0.199. The number of carboxylic acid groups (broad SMARTS) is 1.